The van der Waals surface area contributed by atoms with E-state index in [9.17, 15) is 4.39 Å². The summed E-state index contributed by atoms with van der Waals surface area (Å²) in [4.78, 5) is 0. The van der Waals surface area contributed by atoms with E-state index in [0.717, 1.165) is 6.42 Å². The van der Waals surface area contributed by atoms with Crippen LogP contribution in [0, 0.1) is 11.9 Å². The Balaban J connectivity index is 2.18. The lowest BCUT2D eigenvalue weighted by Gasteiger charge is -2.04. The van der Waals surface area contributed by atoms with Crippen molar-refractivity contribution in [2.24, 2.45) is 0 Å². The number of rotatable bonds is 6. The molecule has 1 aromatic rings. The summed E-state index contributed by atoms with van der Waals surface area (Å²) in [5, 5.41) is 0. The maximum atomic E-state index is 12.7. The first-order chi connectivity index (χ1) is 6.83. The number of ether oxygens (including phenoxy) is 1. The van der Waals surface area contributed by atoms with Crippen molar-refractivity contribution in [1.29, 1.82) is 0 Å². The van der Waals surface area contributed by atoms with Crippen molar-refractivity contribution >= 4 is 0 Å². The van der Waals surface area contributed by atoms with Crippen LogP contribution < -0.4 is 4.74 Å². The Hall–Kier alpha value is -1.05. The largest absolute Gasteiger partial charge is 0.493 e. The van der Waals surface area contributed by atoms with Crippen molar-refractivity contribution in [3.8, 4) is 5.75 Å². The van der Waals surface area contributed by atoms with Crippen molar-refractivity contribution < 1.29 is 9.13 Å². The maximum Gasteiger partial charge on any atom is 0.130 e. The van der Waals surface area contributed by atoms with Crippen molar-refractivity contribution in [2.45, 2.75) is 32.6 Å². The van der Waals surface area contributed by atoms with Gasteiger partial charge in [0, 0.05) is 12.1 Å². The van der Waals surface area contributed by atoms with Crippen LogP contribution in [-0.2, 0) is 0 Å². The number of hydrogen-bond donors (Lipinski definition) is 0. The summed E-state index contributed by atoms with van der Waals surface area (Å²) in [6.07, 6.45) is 4.65. The van der Waals surface area contributed by atoms with Gasteiger partial charge in [0.05, 0.1) is 6.61 Å². The quantitative estimate of drug-likeness (QED) is 0.630. The summed E-state index contributed by atoms with van der Waals surface area (Å²) in [5.41, 5.74) is 0. The lowest BCUT2D eigenvalue weighted by Crippen LogP contribution is -1.97. The molecular weight excluding hydrogens is 179 g/mol. The van der Waals surface area contributed by atoms with Crippen molar-refractivity contribution in [2.75, 3.05) is 6.61 Å². The lowest BCUT2D eigenvalue weighted by atomic mass is 10.2. The van der Waals surface area contributed by atoms with E-state index in [-0.39, 0.29) is 5.82 Å². The molecule has 0 saturated carbocycles. The zero-order valence-corrected chi connectivity index (χ0v) is 8.55. The van der Waals surface area contributed by atoms with Gasteiger partial charge in [-0.2, -0.15) is 0 Å². The van der Waals surface area contributed by atoms with Crippen molar-refractivity contribution in [3.63, 3.8) is 0 Å². The van der Waals surface area contributed by atoms with Gasteiger partial charge in [0.15, 0.2) is 0 Å². The topological polar surface area (TPSA) is 9.23 Å². The van der Waals surface area contributed by atoms with E-state index in [1.165, 1.54) is 37.5 Å². The zero-order chi connectivity index (χ0) is 10.2. The van der Waals surface area contributed by atoms with E-state index in [1.807, 2.05) is 0 Å². The third-order valence-electron chi connectivity index (χ3n) is 1.99. The fourth-order valence-corrected chi connectivity index (χ4v) is 1.21. The summed E-state index contributed by atoms with van der Waals surface area (Å²) in [6.45, 7) is 2.82. The van der Waals surface area contributed by atoms with Crippen LogP contribution in [0.15, 0.2) is 18.2 Å². The summed E-state index contributed by atoms with van der Waals surface area (Å²) in [7, 11) is 0. The fraction of sp³-hybridized carbons (Fsp3) is 0.500. The van der Waals surface area contributed by atoms with E-state index < -0.39 is 0 Å². The number of unbranched alkanes of at least 4 members (excludes halogenated alkanes) is 3. The van der Waals surface area contributed by atoms with E-state index >= 15 is 0 Å². The molecule has 0 amide bonds. The van der Waals surface area contributed by atoms with E-state index in [0.29, 0.717) is 12.4 Å². The monoisotopic (exact) mass is 195 g/mol. The Morgan fingerprint density at radius 3 is 2.93 bits per heavy atom. The van der Waals surface area contributed by atoms with E-state index in [2.05, 4.69) is 13.0 Å². The third kappa shape index (κ3) is 4.26. The molecule has 0 atom stereocenters. The van der Waals surface area contributed by atoms with Crippen LogP contribution >= 0.6 is 0 Å². The summed E-state index contributed by atoms with van der Waals surface area (Å²) in [6, 6.07) is 7.10. The highest BCUT2D eigenvalue weighted by molar-refractivity contribution is 5.20. The fourth-order valence-electron chi connectivity index (χ4n) is 1.21. The molecule has 0 unspecified atom stereocenters. The second-order valence-corrected chi connectivity index (χ2v) is 3.28. The number of hydrogen-bond acceptors (Lipinski definition) is 1. The Bertz CT molecular complexity index is 260. The Kier molecular flexibility index (Phi) is 5.05. The van der Waals surface area contributed by atoms with Gasteiger partial charge in [0.1, 0.15) is 11.6 Å². The predicted molar refractivity (Wildman–Crippen MR) is 54.9 cm³/mol. The van der Waals surface area contributed by atoms with Gasteiger partial charge in [0.2, 0.25) is 0 Å². The van der Waals surface area contributed by atoms with Gasteiger partial charge in [-0.1, -0.05) is 26.2 Å². The van der Waals surface area contributed by atoms with Gasteiger partial charge in [0.25, 0.3) is 0 Å². The second-order valence-electron chi connectivity index (χ2n) is 3.28. The van der Waals surface area contributed by atoms with Gasteiger partial charge in [-0.05, 0) is 18.6 Å². The van der Waals surface area contributed by atoms with Crippen LogP contribution in [0.1, 0.15) is 32.6 Å². The second kappa shape index (κ2) is 6.41. The normalized spacial score (nSPS) is 10.1. The molecule has 14 heavy (non-hydrogen) atoms. The first-order valence-electron chi connectivity index (χ1n) is 5.13. The van der Waals surface area contributed by atoms with Crippen molar-refractivity contribution in [1.82, 2.24) is 0 Å². The third-order valence-corrected chi connectivity index (χ3v) is 1.99. The molecule has 0 heterocycles. The summed E-state index contributed by atoms with van der Waals surface area (Å²) >= 11 is 0. The van der Waals surface area contributed by atoms with Crippen LogP contribution in [0.5, 0.6) is 5.75 Å². The summed E-state index contributed by atoms with van der Waals surface area (Å²) in [5.74, 6) is 0.230. The average Bonchev–Trinajstić information content (AvgIpc) is 2.18. The van der Waals surface area contributed by atoms with Gasteiger partial charge in [-0.3, -0.25) is 0 Å². The molecule has 0 aromatic heterocycles. The van der Waals surface area contributed by atoms with E-state index in [4.69, 9.17) is 4.74 Å². The highest BCUT2D eigenvalue weighted by Crippen LogP contribution is 2.11. The molecule has 0 saturated heterocycles. The molecule has 0 aliphatic heterocycles. The molecule has 0 bridgehead atoms. The minimum Gasteiger partial charge on any atom is -0.493 e. The van der Waals surface area contributed by atoms with Crippen LogP contribution in [0.4, 0.5) is 4.39 Å². The highest BCUT2D eigenvalue weighted by atomic mass is 19.1. The molecule has 0 aliphatic carbocycles. The van der Waals surface area contributed by atoms with Gasteiger partial charge in [-0.15, -0.1) is 0 Å². The number of benzene rings is 1. The van der Waals surface area contributed by atoms with Crippen LogP contribution in [0.25, 0.3) is 0 Å². The Labute approximate surface area is 84.9 Å². The average molecular weight is 195 g/mol. The molecule has 1 rings (SSSR count). The first kappa shape index (κ1) is 11.0. The van der Waals surface area contributed by atoms with Gasteiger partial charge >= 0.3 is 0 Å². The molecule has 1 nitrogen and oxygen atoms in total. The van der Waals surface area contributed by atoms with Gasteiger partial charge in [-0.25, -0.2) is 4.39 Å². The van der Waals surface area contributed by atoms with E-state index in [1.54, 1.807) is 0 Å². The zero-order valence-electron chi connectivity index (χ0n) is 8.55. The minimum atomic E-state index is -0.271. The van der Waals surface area contributed by atoms with Crippen LogP contribution in [0.2, 0.25) is 0 Å². The molecule has 0 fully saturated rings. The number of halogens is 1. The molecule has 1 aromatic carbocycles. The Morgan fingerprint density at radius 2 is 2.21 bits per heavy atom. The molecule has 0 spiro atoms. The van der Waals surface area contributed by atoms with Crippen molar-refractivity contribution in [3.05, 3.63) is 30.1 Å². The molecule has 1 radical (unpaired) electrons. The van der Waals surface area contributed by atoms with Crippen LogP contribution in [-0.4, -0.2) is 6.61 Å². The Morgan fingerprint density at radius 1 is 1.36 bits per heavy atom. The smallest absolute Gasteiger partial charge is 0.130 e. The first-order valence-corrected chi connectivity index (χ1v) is 5.13. The summed E-state index contributed by atoms with van der Waals surface area (Å²) < 4.78 is 18.0. The molecule has 0 N–H and O–H groups in total. The molecule has 0 aliphatic rings. The molecular formula is C12H16FO. The highest BCUT2D eigenvalue weighted by Gasteiger charge is 1.95. The van der Waals surface area contributed by atoms with Crippen LogP contribution in [0.3, 0.4) is 0 Å². The predicted octanol–water partition coefficient (Wildman–Crippen LogP) is 3.58. The maximum absolute atomic E-state index is 12.7. The minimum absolute atomic E-state index is 0.271. The lowest BCUT2D eigenvalue weighted by molar-refractivity contribution is 0.303. The SMILES string of the molecule is CCCCCCOc1[c]ccc(F)c1. The standard InChI is InChI=1S/C12H16FO/c1-2-3-4-5-9-14-12-8-6-7-11(13)10-12/h6-7,10H,2-5,9H2,1H3. The molecule has 77 valence electrons. The molecule has 2 heteroatoms. The van der Waals surface area contributed by atoms with Gasteiger partial charge < -0.3 is 4.74 Å².